The van der Waals surface area contributed by atoms with Crippen LogP contribution in [0.2, 0.25) is 0 Å². The molecule has 3 N–H and O–H groups in total. The van der Waals surface area contributed by atoms with Crippen molar-refractivity contribution >= 4 is 33.3 Å². The minimum atomic E-state index is -0.800. The van der Waals surface area contributed by atoms with Gasteiger partial charge in [-0.05, 0) is 54.6 Å². The van der Waals surface area contributed by atoms with Crippen molar-refractivity contribution in [2.24, 2.45) is 5.73 Å². The third kappa shape index (κ3) is 6.10. The molecule has 0 atom stereocenters. The van der Waals surface area contributed by atoms with E-state index in [1.165, 1.54) is 22.0 Å². The summed E-state index contributed by atoms with van der Waals surface area (Å²) >= 11 is 1.20. The maximum Gasteiger partial charge on any atom is 0.337 e. The molecule has 0 spiro atoms. The number of anilines is 1. The summed E-state index contributed by atoms with van der Waals surface area (Å²) in [6.45, 7) is 1.15. The zero-order chi connectivity index (χ0) is 32.4. The number of carbonyl (C=O) groups excluding carboxylic acids is 1. The predicted octanol–water partition coefficient (Wildman–Crippen LogP) is 5.03. The molecule has 0 bridgehead atoms. The Morgan fingerprint density at radius 3 is 2.35 bits per heavy atom. The number of fused-ring (bicyclic) bond motifs is 1. The Bertz CT molecular complexity index is 2120. The maximum absolute atomic E-state index is 14.9. The van der Waals surface area contributed by atoms with Gasteiger partial charge in [0.15, 0.2) is 0 Å². The first-order valence-electron chi connectivity index (χ1n) is 14.3. The zero-order valence-electron chi connectivity index (χ0n) is 24.7. The number of carbonyl (C=O) groups is 1. The number of benzene rings is 3. The van der Waals surface area contributed by atoms with Crippen molar-refractivity contribution in [3.8, 4) is 16.1 Å². The maximum atomic E-state index is 14.9. The first kappa shape index (κ1) is 30.6. The van der Waals surface area contributed by atoms with E-state index in [1.54, 1.807) is 67.1 Å². The molecule has 0 aliphatic carbocycles. The van der Waals surface area contributed by atoms with Crippen molar-refractivity contribution in [2.75, 3.05) is 18.9 Å². The summed E-state index contributed by atoms with van der Waals surface area (Å²) in [5, 5.41) is 2.81. The van der Waals surface area contributed by atoms with E-state index in [-0.39, 0.29) is 15.8 Å². The minimum absolute atomic E-state index is 0.272. The third-order valence-corrected chi connectivity index (χ3v) is 8.91. The van der Waals surface area contributed by atoms with Gasteiger partial charge in [0, 0.05) is 48.2 Å². The number of amides is 2. The van der Waals surface area contributed by atoms with Gasteiger partial charge in [-0.1, -0.05) is 36.4 Å². The molecule has 10 nitrogen and oxygen atoms in total. The second kappa shape index (κ2) is 12.9. The number of primary amides is 1. The molecule has 3 heterocycles. The monoisotopic (exact) mass is 641 g/mol. The fraction of sp³-hybridized carbons (Fsp3) is 0.152. The Labute approximate surface area is 265 Å². The number of thiophene rings is 1. The first-order valence-corrected chi connectivity index (χ1v) is 15.1. The SMILES string of the molecule is CN(CCn1ccnc1)Cc1c(-c2ccc(NC(N)=O)cc2)sc2c1c(=O)n(-c1ccccc1)c(=O)n2Cc1c(F)cccc1F. The average Bonchev–Trinajstić information content (AvgIpc) is 3.69. The number of nitrogens with zero attached hydrogens (tertiary/aromatic N) is 5. The smallest absolute Gasteiger partial charge is 0.337 e. The number of halogens is 2. The van der Waals surface area contributed by atoms with Gasteiger partial charge in [0.25, 0.3) is 5.56 Å². The Morgan fingerprint density at radius 1 is 0.978 bits per heavy atom. The largest absolute Gasteiger partial charge is 0.351 e. The van der Waals surface area contributed by atoms with Crippen LogP contribution in [0.4, 0.5) is 19.3 Å². The highest BCUT2D eigenvalue weighted by Gasteiger charge is 2.25. The van der Waals surface area contributed by atoms with Crippen LogP contribution >= 0.6 is 11.3 Å². The molecular weight excluding hydrogens is 612 g/mol. The molecule has 46 heavy (non-hydrogen) atoms. The van der Waals surface area contributed by atoms with E-state index in [2.05, 4.69) is 10.3 Å². The summed E-state index contributed by atoms with van der Waals surface area (Å²) in [6, 6.07) is 18.2. The van der Waals surface area contributed by atoms with E-state index in [0.29, 0.717) is 41.4 Å². The summed E-state index contributed by atoms with van der Waals surface area (Å²) in [7, 11) is 1.92. The Balaban J connectivity index is 1.59. The van der Waals surface area contributed by atoms with E-state index in [1.807, 2.05) is 22.7 Å². The molecule has 0 radical (unpaired) electrons. The second-order valence-corrected chi connectivity index (χ2v) is 11.7. The van der Waals surface area contributed by atoms with Crippen molar-refractivity contribution < 1.29 is 13.6 Å². The molecule has 234 valence electrons. The van der Waals surface area contributed by atoms with Crippen LogP contribution in [0, 0.1) is 11.6 Å². The van der Waals surface area contributed by atoms with Gasteiger partial charge in [-0.15, -0.1) is 11.3 Å². The number of hydrogen-bond donors (Lipinski definition) is 2. The third-order valence-electron chi connectivity index (χ3n) is 7.61. The lowest BCUT2D eigenvalue weighted by Crippen LogP contribution is -2.39. The molecule has 3 aromatic carbocycles. The molecule has 0 unspecified atom stereocenters. The fourth-order valence-corrected chi connectivity index (χ4v) is 6.64. The summed E-state index contributed by atoms with van der Waals surface area (Å²) in [5.74, 6) is -1.60. The summed E-state index contributed by atoms with van der Waals surface area (Å²) in [6.07, 6.45) is 5.28. The molecule has 0 saturated heterocycles. The predicted molar refractivity (Wildman–Crippen MR) is 174 cm³/mol. The zero-order valence-corrected chi connectivity index (χ0v) is 25.5. The highest BCUT2D eigenvalue weighted by atomic mass is 32.1. The van der Waals surface area contributed by atoms with Gasteiger partial charge in [0.2, 0.25) is 0 Å². The molecule has 0 saturated carbocycles. The lowest BCUT2D eigenvalue weighted by Gasteiger charge is -2.18. The quantitative estimate of drug-likeness (QED) is 0.218. The molecule has 0 aliphatic rings. The highest BCUT2D eigenvalue weighted by molar-refractivity contribution is 7.22. The highest BCUT2D eigenvalue weighted by Crippen LogP contribution is 2.38. The Kier molecular flexibility index (Phi) is 8.59. The topological polar surface area (TPSA) is 120 Å². The van der Waals surface area contributed by atoms with Crippen LogP contribution in [-0.2, 0) is 19.6 Å². The number of hydrogen-bond acceptors (Lipinski definition) is 6. The number of nitrogens with one attached hydrogen (secondary N) is 1. The van der Waals surface area contributed by atoms with E-state index >= 15 is 0 Å². The van der Waals surface area contributed by atoms with Crippen LogP contribution in [0.5, 0.6) is 0 Å². The molecule has 0 aliphatic heterocycles. The van der Waals surface area contributed by atoms with Crippen LogP contribution < -0.4 is 22.3 Å². The van der Waals surface area contributed by atoms with E-state index in [0.717, 1.165) is 22.3 Å². The lowest BCUT2D eigenvalue weighted by atomic mass is 10.1. The molecule has 6 rings (SSSR count). The number of nitrogens with two attached hydrogens (primary N) is 1. The Morgan fingerprint density at radius 2 is 1.70 bits per heavy atom. The van der Waals surface area contributed by atoms with Gasteiger partial charge in [-0.3, -0.25) is 9.36 Å². The molecule has 2 amide bonds. The van der Waals surface area contributed by atoms with Crippen LogP contribution in [0.15, 0.2) is 101 Å². The van der Waals surface area contributed by atoms with Gasteiger partial charge in [-0.2, -0.15) is 0 Å². The van der Waals surface area contributed by atoms with Gasteiger partial charge < -0.3 is 20.5 Å². The van der Waals surface area contributed by atoms with Crippen LogP contribution in [0.25, 0.3) is 26.3 Å². The number of imidazole rings is 1. The standard InChI is InChI=1S/C33H29F2N7O3S/c1-39(16-17-40-15-14-37-20-40)18-25-28-30(43)42(23-6-3-2-4-7-23)33(45)41(19-24-26(34)8-5-9-27(24)35)31(28)46-29(25)21-10-12-22(13-11-21)38-32(36)44/h2-15,20H,16-19H2,1H3,(H3,36,38,44). The van der Waals surface area contributed by atoms with Crippen molar-refractivity contribution in [1.82, 2.24) is 23.6 Å². The summed E-state index contributed by atoms with van der Waals surface area (Å²) in [5.41, 5.74) is 5.91. The van der Waals surface area contributed by atoms with E-state index in [9.17, 15) is 23.2 Å². The van der Waals surface area contributed by atoms with Gasteiger partial charge >= 0.3 is 11.7 Å². The number of likely N-dealkylation sites (N-methyl/N-ethyl adjacent to an activating group) is 1. The fourth-order valence-electron chi connectivity index (χ4n) is 5.34. The number of aromatic nitrogens is 4. The molecule has 0 fully saturated rings. The molecule has 6 aromatic rings. The number of urea groups is 1. The number of para-hydroxylation sites is 1. The summed E-state index contributed by atoms with van der Waals surface area (Å²) < 4.78 is 34.1. The molecule has 13 heteroatoms. The van der Waals surface area contributed by atoms with Gasteiger partial charge in [-0.25, -0.2) is 27.9 Å². The average molecular weight is 642 g/mol. The van der Waals surface area contributed by atoms with E-state index in [4.69, 9.17) is 5.73 Å². The van der Waals surface area contributed by atoms with Gasteiger partial charge in [0.1, 0.15) is 16.5 Å². The second-order valence-electron chi connectivity index (χ2n) is 10.7. The Hall–Kier alpha value is -5.40. The molecule has 3 aromatic heterocycles. The van der Waals surface area contributed by atoms with Crippen molar-refractivity contribution in [1.29, 1.82) is 0 Å². The van der Waals surface area contributed by atoms with Crippen LogP contribution in [0.1, 0.15) is 11.1 Å². The lowest BCUT2D eigenvalue weighted by molar-refractivity contribution is 0.259. The normalized spacial score (nSPS) is 11.4. The van der Waals surface area contributed by atoms with Gasteiger partial charge in [0.05, 0.1) is 23.9 Å². The van der Waals surface area contributed by atoms with E-state index < -0.39 is 35.5 Å². The first-order chi connectivity index (χ1) is 22.2. The summed E-state index contributed by atoms with van der Waals surface area (Å²) in [4.78, 5) is 47.0. The molecular formula is C33H29F2N7O3S. The van der Waals surface area contributed by atoms with Crippen molar-refractivity contribution in [3.05, 3.63) is 135 Å². The minimum Gasteiger partial charge on any atom is -0.351 e. The number of rotatable bonds is 10. The van der Waals surface area contributed by atoms with Crippen molar-refractivity contribution in [2.45, 2.75) is 19.6 Å². The van der Waals surface area contributed by atoms with Crippen molar-refractivity contribution in [3.63, 3.8) is 0 Å². The van der Waals surface area contributed by atoms with Crippen LogP contribution in [0.3, 0.4) is 0 Å². The van der Waals surface area contributed by atoms with Crippen LogP contribution in [-0.4, -0.2) is 43.2 Å².